The summed E-state index contributed by atoms with van der Waals surface area (Å²) in [5, 5.41) is 16.5. The van der Waals surface area contributed by atoms with Gasteiger partial charge < -0.3 is 25.4 Å². The Hall–Kier alpha value is -1.95. The number of nitrogens with zero attached hydrogens (tertiary/aromatic N) is 2. The van der Waals surface area contributed by atoms with E-state index in [4.69, 9.17) is 4.74 Å². The van der Waals surface area contributed by atoms with Crippen LogP contribution in [0.3, 0.4) is 0 Å². The third-order valence-corrected chi connectivity index (χ3v) is 4.83. The molecular weight excluding hydrogens is 328 g/mol. The molecule has 1 fully saturated rings. The molecule has 6 nitrogen and oxygen atoms in total. The second-order valence-electron chi connectivity index (χ2n) is 7.01. The van der Waals surface area contributed by atoms with Crippen LogP contribution in [0.15, 0.2) is 23.2 Å². The normalized spacial score (nSPS) is 16.5. The third kappa shape index (κ3) is 6.75. The smallest absolute Gasteiger partial charge is 0.191 e. The highest BCUT2D eigenvalue weighted by molar-refractivity contribution is 5.79. The minimum absolute atomic E-state index is 0.147. The first kappa shape index (κ1) is 20.4. The predicted molar refractivity (Wildman–Crippen MR) is 107 cm³/mol. The Kier molecular flexibility index (Phi) is 8.54. The van der Waals surface area contributed by atoms with E-state index in [1.807, 2.05) is 6.07 Å². The topological polar surface area (TPSA) is 69.1 Å². The van der Waals surface area contributed by atoms with Gasteiger partial charge >= 0.3 is 0 Å². The summed E-state index contributed by atoms with van der Waals surface area (Å²) in [4.78, 5) is 7.16. The largest absolute Gasteiger partial charge is 0.504 e. The quantitative estimate of drug-likeness (QED) is 0.377. The number of phenolic OH excluding ortho intramolecular Hbond substituents is 1. The molecule has 2 rings (SSSR count). The van der Waals surface area contributed by atoms with Crippen LogP contribution in [0, 0.1) is 5.92 Å². The fourth-order valence-corrected chi connectivity index (χ4v) is 3.14. The van der Waals surface area contributed by atoms with Gasteiger partial charge in [-0.15, -0.1) is 0 Å². The second kappa shape index (κ2) is 10.9. The molecule has 1 aliphatic rings. The van der Waals surface area contributed by atoms with Gasteiger partial charge in [-0.05, 0) is 69.4 Å². The van der Waals surface area contributed by atoms with Gasteiger partial charge in [-0.3, -0.25) is 0 Å². The summed E-state index contributed by atoms with van der Waals surface area (Å²) in [6.07, 6.45) is 3.76. The van der Waals surface area contributed by atoms with Crippen molar-refractivity contribution in [3.05, 3.63) is 23.8 Å². The highest BCUT2D eigenvalue weighted by atomic mass is 16.5. The van der Waals surface area contributed by atoms with E-state index in [-0.39, 0.29) is 5.75 Å². The zero-order valence-corrected chi connectivity index (χ0v) is 16.4. The third-order valence-electron chi connectivity index (χ3n) is 4.83. The maximum Gasteiger partial charge on any atom is 0.191 e. The van der Waals surface area contributed by atoms with Gasteiger partial charge in [0.25, 0.3) is 0 Å². The van der Waals surface area contributed by atoms with Crippen LogP contribution in [-0.2, 0) is 6.54 Å². The number of methoxy groups -OCH3 is 1. The number of benzene rings is 1. The number of nitrogens with one attached hydrogen (secondary N) is 2. The lowest BCUT2D eigenvalue weighted by Crippen LogP contribution is -2.39. The number of likely N-dealkylation sites (tertiary alicyclic amines) is 1. The number of ether oxygens (including phenoxy) is 1. The molecule has 0 unspecified atom stereocenters. The van der Waals surface area contributed by atoms with E-state index in [1.54, 1.807) is 19.2 Å². The lowest BCUT2D eigenvalue weighted by Gasteiger charge is -2.30. The number of hydrogen-bond donors (Lipinski definition) is 3. The Morgan fingerprint density at radius 2 is 2.08 bits per heavy atom. The first-order chi connectivity index (χ1) is 12.6. The first-order valence-corrected chi connectivity index (χ1v) is 9.72. The average molecular weight is 363 g/mol. The first-order valence-electron chi connectivity index (χ1n) is 9.72. The molecular formula is C20H34N4O2. The molecule has 1 aliphatic heterocycles. The molecule has 0 radical (unpaired) electrons. The van der Waals surface area contributed by atoms with Crippen LogP contribution in [0.4, 0.5) is 0 Å². The van der Waals surface area contributed by atoms with E-state index in [0.717, 1.165) is 43.5 Å². The van der Waals surface area contributed by atoms with Crippen LogP contribution in [0.2, 0.25) is 0 Å². The summed E-state index contributed by atoms with van der Waals surface area (Å²) in [6.45, 7) is 10.3. The summed E-state index contributed by atoms with van der Waals surface area (Å²) < 4.78 is 5.07. The fourth-order valence-electron chi connectivity index (χ4n) is 3.14. The Morgan fingerprint density at radius 3 is 2.73 bits per heavy atom. The van der Waals surface area contributed by atoms with E-state index in [2.05, 4.69) is 34.4 Å². The Bertz CT molecular complexity index is 569. The van der Waals surface area contributed by atoms with E-state index in [9.17, 15) is 5.11 Å². The molecule has 3 N–H and O–H groups in total. The zero-order valence-electron chi connectivity index (χ0n) is 16.4. The van der Waals surface area contributed by atoms with Crippen LogP contribution < -0.4 is 15.4 Å². The molecule has 146 valence electrons. The van der Waals surface area contributed by atoms with Gasteiger partial charge in [0, 0.05) is 13.1 Å². The molecule has 0 amide bonds. The molecule has 0 spiro atoms. The summed E-state index contributed by atoms with van der Waals surface area (Å²) in [5.41, 5.74) is 0.947. The fraction of sp³-hybridized carbons (Fsp3) is 0.650. The van der Waals surface area contributed by atoms with Gasteiger partial charge in [0.15, 0.2) is 17.5 Å². The Morgan fingerprint density at radius 1 is 1.31 bits per heavy atom. The van der Waals surface area contributed by atoms with Gasteiger partial charge in [-0.25, -0.2) is 4.99 Å². The summed E-state index contributed by atoms with van der Waals surface area (Å²) in [5.74, 6) is 2.33. The minimum atomic E-state index is 0.147. The van der Waals surface area contributed by atoms with Crippen molar-refractivity contribution in [1.82, 2.24) is 15.5 Å². The van der Waals surface area contributed by atoms with Crippen LogP contribution in [0.25, 0.3) is 0 Å². The van der Waals surface area contributed by atoms with Crippen molar-refractivity contribution in [3.63, 3.8) is 0 Å². The van der Waals surface area contributed by atoms with Gasteiger partial charge in [0.1, 0.15) is 0 Å². The SMILES string of the molecule is CCNC(=NCc1ccc(OC)c(O)c1)NCCCN1CCC(C)CC1. The molecule has 1 saturated heterocycles. The number of guanidine groups is 1. The Labute approximate surface area is 157 Å². The van der Waals surface area contributed by atoms with Crippen molar-refractivity contribution in [1.29, 1.82) is 0 Å². The number of aromatic hydroxyl groups is 1. The number of aliphatic imine (C=N–C) groups is 1. The van der Waals surface area contributed by atoms with Crippen LogP contribution in [0.5, 0.6) is 11.5 Å². The standard InChI is InChI=1S/C20H34N4O2/c1-4-21-20(22-10-5-11-24-12-8-16(2)9-13-24)23-15-17-6-7-19(26-3)18(25)14-17/h6-7,14,16,25H,4-5,8-13,15H2,1-3H3,(H2,21,22,23). The lowest BCUT2D eigenvalue weighted by atomic mass is 9.99. The summed E-state index contributed by atoms with van der Waals surface area (Å²) >= 11 is 0. The van der Waals surface area contributed by atoms with Crippen molar-refractivity contribution in [2.24, 2.45) is 10.9 Å². The number of hydrogen-bond acceptors (Lipinski definition) is 4. The molecule has 1 aromatic rings. The van der Waals surface area contributed by atoms with Crippen molar-refractivity contribution < 1.29 is 9.84 Å². The number of rotatable bonds is 8. The van der Waals surface area contributed by atoms with Crippen LogP contribution in [0.1, 0.15) is 38.7 Å². The van der Waals surface area contributed by atoms with E-state index < -0.39 is 0 Å². The van der Waals surface area contributed by atoms with Gasteiger partial charge in [0.05, 0.1) is 13.7 Å². The Balaban J connectivity index is 1.76. The summed E-state index contributed by atoms with van der Waals surface area (Å²) in [6, 6.07) is 5.38. The predicted octanol–water partition coefficient (Wildman–Crippen LogP) is 2.58. The number of phenols is 1. The molecule has 1 heterocycles. The van der Waals surface area contributed by atoms with Crippen molar-refractivity contribution in [2.75, 3.05) is 39.8 Å². The van der Waals surface area contributed by atoms with Crippen LogP contribution >= 0.6 is 0 Å². The summed E-state index contributed by atoms with van der Waals surface area (Å²) in [7, 11) is 1.55. The molecule has 0 atom stereocenters. The van der Waals surface area contributed by atoms with E-state index in [1.165, 1.54) is 25.9 Å². The van der Waals surface area contributed by atoms with E-state index >= 15 is 0 Å². The van der Waals surface area contributed by atoms with Crippen molar-refractivity contribution >= 4 is 5.96 Å². The second-order valence-corrected chi connectivity index (χ2v) is 7.01. The highest BCUT2D eigenvalue weighted by Gasteiger charge is 2.14. The maximum absolute atomic E-state index is 9.86. The molecule has 1 aromatic carbocycles. The molecule has 6 heteroatoms. The number of piperidine rings is 1. The van der Waals surface area contributed by atoms with E-state index in [0.29, 0.717) is 12.3 Å². The molecule has 0 aromatic heterocycles. The zero-order chi connectivity index (χ0) is 18.8. The minimum Gasteiger partial charge on any atom is -0.504 e. The average Bonchev–Trinajstić information content (AvgIpc) is 2.64. The van der Waals surface area contributed by atoms with Gasteiger partial charge in [-0.2, -0.15) is 0 Å². The molecule has 0 bridgehead atoms. The molecule has 0 aliphatic carbocycles. The maximum atomic E-state index is 9.86. The van der Waals surface area contributed by atoms with Gasteiger partial charge in [-0.1, -0.05) is 13.0 Å². The molecule has 0 saturated carbocycles. The lowest BCUT2D eigenvalue weighted by molar-refractivity contribution is 0.191. The molecule has 26 heavy (non-hydrogen) atoms. The monoisotopic (exact) mass is 362 g/mol. The van der Waals surface area contributed by atoms with Crippen molar-refractivity contribution in [3.8, 4) is 11.5 Å². The van der Waals surface area contributed by atoms with Crippen molar-refractivity contribution in [2.45, 2.75) is 39.7 Å². The highest BCUT2D eigenvalue weighted by Crippen LogP contribution is 2.26. The van der Waals surface area contributed by atoms with Crippen LogP contribution in [-0.4, -0.2) is 55.8 Å². The van der Waals surface area contributed by atoms with Gasteiger partial charge in [0.2, 0.25) is 0 Å².